The molecule has 0 spiro atoms. The Bertz CT molecular complexity index is 1410. The van der Waals surface area contributed by atoms with Crippen LogP contribution in [0.2, 0.25) is 0 Å². The molecule has 37 heavy (non-hydrogen) atoms. The van der Waals surface area contributed by atoms with Gasteiger partial charge in [0.05, 0.1) is 24.2 Å². The first kappa shape index (κ1) is 24.8. The molecule has 1 aliphatic carbocycles. The summed E-state index contributed by atoms with van der Waals surface area (Å²) >= 11 is 0. The van der Waals surface area contributed by atoms with Gasteiger partial charge in [0.1, 0.15) is 5.75 Å². The van der Waals surface area contributed by atoms with Crippen molar-refractivity contribution in [1.29, 1.82) is 0 Å². The molecule has 0 N–H and O–H groups in total. The van der Waals surface area contributed by atoms with Crippen LogP contribution in [0, 0.1) is 11.8 Å². The van der Waals surface area contributed by atoms with Crippen molar-refractivity contribution >= 4 is 22.7 Å². The van der Waals surface area contributed by atoms with E-state index in [1.807, 2.05) is 4.90 Å². The highest BCUT2D eigenvalue weighted by Gasteiger charge is 2.33. The number of hydrogen-bond donors (Lipinski definition) is 0. The predicted molar refractivity (Wildman–Crippen MR) is 134 cm³/mol. The van der Waals surface area contributed by atoms with Crippen LogP contribution < -0.4 is 16.0 Å². The summed E-state index contributed by atoms with van der Waals surface area (Å²) in [6.45, 7) is 2.23. The minimum Gasteiger partial charge on any atom is -0.497 e. The first-order chi connectivity index (χ1) is 17.9. The second kappa shape index (κ2) is 10.2. The smallest absolute Gasteiger partial charge is 0.331 e. The van der Waals surface area contributed by atoms with E-state index in [0.717, 1.165) is 25.7 Å². The van der Waals surface area contributed by atoms with Gasteiger partial charge >= 0.3 is 5.69 Å². The van der Waals surface area contributed by atoms with Gasteiger partial charge in [-0.1, -0.05) is 5.16 Å². The normalized spacial score (nSPS) is 20.3. The van der Waals surface area contributed by atoms with Crippen LogP contribution in [0.15, 0.2) is 44.6 Å². The number of nitrogens with zero attached hydrogens (tertiary/aromatic N) is 5. The summed E-state index contributed by atoms with van der Waals surface area (Å²) in [5.74, 6) is 0.756. The summed E-state index contributed by atoms with van der Waals surface area (Å²) in [6.07, 6.45) is 4.42. The zero-order valence-electron chi connectivity index (χ0n) is 21.1. The maximum absolute atomic E-state index is 13.2. The van der Waals surface area contributed by atoms with Gasteiger partial charge in [0.2, 0.25) is 11.7 Å². The van der Waals surface area contributed by atoms with E-state index in [2.05, 4.69) is 5.16 Å². The zero-order valence-corrected chi connectivity index (χ0v) is 21.1. The molecule has 2 fully saturated rings. The molecular formula is C26H31N5O6. The molecule has 1 aromatic carbocycles. The molecule has 1 aliphatic heterocycles. The van der Waals surface area contributed by atoms with Gasteiger partial charge in [-0.15, -0.1) is 0 Å². The van der Waals surface area contributed by atoms with Crippen LogP contribution in [0.3, 0.4) is 0 Å². The lowest BCUT2D eigenvalue weighted by atomic mass is 9.81. The molecule has 1 saturated heterocycles. The van der Waals surface area contributed by atoms with Crippen LogP contribution >= 0.6 is 0 Å². The Hall–Kier alpha value is -3.89. The fourth-order valence-corrected chi connectivity index (χ4v) is 5.50. The number of rotatable bonds is 5. The van der Waals surface area contributed by atoms with Gasteiger partial charge in [0.15, 0.2) is 0 Å². The molecule has 2 amide bonds. The van der Waals surface area contributed by atoms with Gasteiger partial charge in [-0.2, -0.15) is 0 Å². The molecule has 11 heteroatoms. The fourth-order valence-electron chi connectivity index (χ4n) is 5.50. The summed E-state index contributed by atoms with van der Waals surface area (Å²) in [7, 11) is 3.21. The highest BCUT2D eigenvalue weighted by Crippen LogP contribution is 2.31. The lowest BCUT2D eigenvalue weighted by Gasteiger charge is -2.37. The predicted octanol–water partition coefficient (Wildman–Crippen LogP) is 1.49. The van der Waals surface area contributed by atoms with Crippen molar-refractivity contribution in [3.63, 3.8) is 0 Å². The summed E-state index contributed by atoms with van der Waals surface area (Å²) in [4.78, 5) is 55.2. The van der Waals surface area contributed by atoms with Gasteiger partial charge in [0.25, 0.3) is 11.5 Å². The highest BCUT2D eigenvalue weighted by atomic mass is 16.5. The Morgan fingerprint density at radius 1 is 1.03 bits per heavy atom. The average Bonchev–Trinajstić information content (AvgIpc) is 3.49. The summed E-state index contributed by atoms with van der Waals surface area (Å²) < 4.78 is 13.0. The number of piperazine rings is 1. The average molecular weight is 510 g/mol. The Balaban J connectivity index is 1.19. The lowest BCUT2D eigenvalue weighted by molar-refractivity contribution is -0.138. The number of benzene rings is 1. The van der Waals surface area contributed by atoms with Gasteiger partial charge in [0, 0.05) is 51.8 Å². The van der Waals surface area contributed by atoms with Crippen LogP contribution in [0.4, 0.5) is 0 Å². The number of aromatic nitrogens is 3. The molecular weight excluding hydrogens is 478 g/mol. The van der Waals surface area contributed by atoms with E-state index in [4.69, 9.17) is 9.26 Å². The molecule has 2 aliphatic rings. The SMILES string of the molecule is COc1ccc2c(c1)c(=O)n(CC1CCC(C(=O)N3CCN(C(=O)c4ccno4)CC3)CC1)c(=O)n2C. The van der Waals surface area contributed by atoms with Gasteiger partial charge in [-0.3, -0.25) is 23.5 Å². The maximum Gasteiger partial charge on any atom is 0.331 e. The Kier molecular flexibility index (Phi) is 6.86. The van der Waals surface area contributed by atoms with Crippen molar-refractivity contribution in [2.45, 2.75) is 32.2 Å². The second-order valence-electron chi connectivity index (χ2n) is 9.85. The maximum atomic E-state index is 13.2. The topological polar surface area (TPSA) is 120 Å². The molecule has 0 unspecified atom stereocenters. The third-order valence-corrected chi connectivity index (χ3v) is 7.72. The van der Waals surface area contributed by atoms with E-state index in [0.29, 0.717) is 49.4 Å². The lowest BCUT2D eigenvalue weighted by Crippen LogP contribution is -2.52. The second-order valence-corrected chi connectivity index (χ2v) is 9.85. The number of carbonyl (C=O) groups is 2. The van der Waals surface area contributed by atoms with Crippen LogP contribution in [-0.2, 0) is 18.4 Å². The van der Waals surface area contributed by atoms with Crippen molar-refractivity contribution in [3.05, 3.63) is 57.1 Å². The molecule has 0 bridgehead atoms. The minimum atomic E-state index is -0.335. The largest absolute Gasteiger partial charge is 0.497 e. The number of hydrogen-bond acceptors (Lipinski definition) is 7. The van der Waals surface area contributed by atoms with E-state index in [-0.39, 0.29) is 40.7 Å². The van der Waals surface area contributed by atoms with Crippen LogP contribution in [0.1, 0.15) is 36.2 Å². The molecule has 1 saturated carbocycles. The Labute approximate surface area is 213 Å². The molecule has 0 radical (unpaired) electrons. The van der Waals surface area contributed by atoms with Crippen LogP contribution in [0.5, 0.6) is 5.75 Å². The molecule has 2 aromatic heterocycles. The number of aryl methyl sites for hydroxylation is 1. The third-order valence-electron chi connectivity index (χ3n) is 7.72. The summed E-state index contributed by atoms with van der Waals surface area (Å²) in [5, 5.41) is 4.03. The number of fused-ring (bicyclic) bond motifs is 1. The fraction of sp³-hybridized carbons (Fsp3) is 0.500. The summed E-state index contributed by atoms with van der Waals surface area (Å²) in [6, 6.07) is 6.67. The monoisotopic (exact) mass is 509 g/mol. The minimum absolute atomic E-state index is 0.0757. The van der Waals surface area contributed by atoms with E-state index in [1.165, 1.54) is 21.4 Å². The van der Waals surface area contributed by atoms with E-state index in [1.54, 1.807) is 37.3 Å². The molecule has 5 rings (SSSR count). The number of methoxy groups -OCH3 is 1. The standard InChI is InChI=1S/C26H31N5O6/c1-28-21-8-7-19(36-2)15-20(21)24(33)31(26(28)35)16-17-3-5-18(6-4-17)23(32)29-11-13-30(14-12-29)25(34)22-9-10-27-37-22/h7-10,15,17-18H,3-6,11-14,16H2,1-2H3. The van der Waals surface area contributed by atoms with Crippen molar-refractivity contribution in [2.24, 2.45) is 18.9 Å². The van der Waals surface area contributed by atoms with Crippen molar-refractivity contribution < 1.29 is 18.8 Å². The molecule has 3 heterocycles. The number of amides is 2. The van der Waals surface area contributed by atoms with Crippen molar-refractivity contribution in [3.8, 4) is 5.75 Å². The summed E-state index contributed by atoms with van der Waals surface area (Å²) in [5.41, 5.74) is -0.0736. The highest BCUT2D eigenvalue weighted by molar-refractivity contribution is 5.91. The van der Waals surface area contributed by atoms with Gasteiger partial charge in [-0.05, 0) is 49.8 Å². The van der Waals surface area contributed by atoms with E-state index < -0.39 is 0 Å². The number of carbonyl (C=O) groups excluding carboxylic acids is 2. The van der Waals surface area contributed by atoms with Crippen LogP contribution in [-0.4, -0.2) is 69.2 Å². The van der Waals surface area contributed by atoms with Gasteiger partial charge in [-0.25, -0.2) is 4.79 Å². The van der Waals surface area contributed by atoms with Gasteiger partial charge < -0.3 is 19.1 Å². The number of ether oxygens (including phenoxy) is 1. The Morgan fingerprint density at radius 3 is 2.38 bits per heavy atom. The zero-order chi connectivity index (χ0) is 26.1. The van der Waals surface area contributed by atoms with E-state index in [9.17, 15) is 19.2 Å². The molecule has 3 aromatic rings. The van der Waals surface area contributed by atoms with Crippen molar-refractivity contribution in [2.75, 3.05) is 33.3 Å². The molecule has 0 atom stereocenters. The third kappa shape index (κ3) is 4.77. The first-order valence-corrected chi connectivity index (χ1v) is 12.6. The Morgan fingerprint density at radius 2 is 1.73 bits per heavy atom. The molecule has 11 nitrogen and oxygen atoms in total. The molecule has 196 valence electrons. The van der Waals surface area contributed by atoms with Crippen molar-refractivity contribution in [1.82, 2.24) is 24.1 Å². The quantitative estimate of drug-likeness (QED) is 0.511. The van der Waals surface area contributed by atoms with Crippen LogP contribution in [0.25, 0.3) is 10.9 Å². The van der Waals surface area contributed by atoms with E-state index >= 15 is 0 Å². The first-order valence-electron chi connectivity index (χ1n) is 12.6.